The number of hydrogen-bond donors (Lipinski definition) is 1. The molecule has 2 aromatic carbocycles. The van der Waals surface area contributed by atoms with E-state index in [1.165, 1.54) is 55.0 Å². The molecule has 0 radical (unpaired) electrons. The molecule has 0 aliphatic carbocycles. The normalized spacial score (nSPS) is 13.2. The number of hydrogen-bond acceptors (Lipinski definition) is 6. The molecule has 43 heavy (non-hydrogen) atoms. The maximum Gasteiger partial charge on any atom is 0.417 e. The second-order valence-electron chi connectivity index (χ2n) is 9.64. The van der Waals surface area contributed by atoms with E-state index in [2.05, 4.69) is 20.1 Å². The number of aliphatic carboxylic acids is 1. The average molecular weight is 598 g/mol. The third kappa shape index (κ3) is 5.38. The van der Waals surface area contributed by atoms with E-state index < -0.39 is 34.9 Å². The van der Waals surface area contributed by atoms with Crippen molar-refractivity contribution in [3.63, 3.8) is 0 Å². The number of halogens is 5. The molecule has 3 heterocycles. The number of imidazole rings is 1. The highest BCUT2D eigenvalue weighted by molar-refractivity contribution is 5.81. The minimum Gasteiger partial charge on any atom is -0.494 e. The molecule has 8 nitrogen and oxygen atoms in total. The van der Waals surface area contributed by atoms with E-state index in [9.17, 15) is 31.9 Å². The lowest BCUT2D eigenvalue weighted by atomic mass is 9.87. The number of pyridine rings is 1. The summed E-state index contributed by atoms with van der Waals surface area (Å²) in [5.74, 6) is -3.56. The number of carbonyl (C=O) groups is 1. The van der Waals surface area contributed by atoms with Crippen molar-refractivity contribution in [2.75, 3.05) is 6.61 Å². The van der Waals surface area contributed by atoms with Gasteiger partial charge in [-0.3, -0.25) is 4.98 Å². The number of benzene rings is 2. The van der Waals surface area contributed by atoms with Gasteiger partial charge in [0.25, 0.3) is 0 Å². The van der Waals surface area contributed by atoms with Crippen molar-refractivity contribution in [1.29, 1.82) is 0 Å². The van der Waals surface area contributed by atoms with Crippen molar-refractivity contribution < 1.29 is 36.6 Å². The fraction of sp³-hybridized carbons (Fsp3) is 0.233. The maximum atomic E-state index is 14.4. The first-order valence-electron chi connectivity index (χ1n) is 13.2. The number of ether oxygens (including phenoxy) is 1. The Morgan fingerprint density at radius 3 is 2.37 bits per heavy atom. The molecule has 0 spiro atoms. The van der Waals surface area contributed by atoms with Crippen LogP contribution in [0.25, 0.3) is 34.0 Å². The molecular weight excluding hydrogens is 573 g/mol. The van der Waals surface area contributed by atoms with Gasteiger partial charge in [-0.2, -0.15) is 18.3 Å². The van der Waals surface area contributed by atoms with Crippen LogP contribution in [0.1, 0.15) is 37.8 Å². The van der Waals surface area contributed by atoms with Gasteiger partial charge in [-0.25, -0.2) is 28.2 Å². The van der Waals surface area contributed by atoms with Gasteiger partial charge < -0.3 is 9.84 Å². The fourth-order valence-corrected chi connectivity index (χ4v) is 4.79. The first-order chi connectivity index (χ1) is 20.5. The van der Waals surface area contributed by atoms with Crippen molar-refractivity contribution in [3.8, 4) is 39.8 Å². The Kier molecular flexibility index (Phi) is 7.82. The Morgan fingerprint density at radius 2 is 1.72 bits per heavy atom. The van der Waals surface area contributed by atoms with Gasteiger partial charge in [-0.05, 0) is 49.2 Å². The van der Waals surface area contributed by atoms with Crippen LogP contribution in [0, 0.1) is 11.6 Å². The Morgan fingerprint density at radius 1 is 0.953 bits per heavy atom. The number of alkyl halides is 3. The molecule has 0 amide bonds. The number of fused-ring (bicyclic) bond motifs is 1. The lowest BCUT2D eigenvalue weighted by Gasteiger charge is -2.30. The molecular formula is C30H24F5N5O3. The zero-order valence-corrected chi connectivity index (χ0v) is 22.9. The van der Waals surface area contributed by atoms with Crippen LogP contribution in [0.15, 0.2) is 67.1 Å². The average Bonchev–Trinajstić information content (AvgIpc) is 3.41. The summed E-state index contributed by atoms with van der Waals surface area (Å²) < 4.78 is 76.4. The van der Waals surface area contributed by atoms with Gasteiger partial charge in [0.15, 0.2) is 23.0 Å². The zero-order chi connectivity index (χ0) is 30.9. The van der Waals surface area contributed by atoms with Gasteiger partial charge >= 0.3 is 12.1 Å². The summed E-state index contributed by atoms with van der Waals surface area (Å²) in [6.45, 7) is 3.69. The minimum absolute atomic E-state index is 0.0226. The van der Waals surface area contributed by atoms with E-state index in [1.807, 2.05) is 6.92 Å². The summed E-state index contributed by atoms with van der Waals surface area (Å²) in [5, 5.41) is 14.6. The van der Waals surface area contributed by atoms with Gasteiger partial charge in [0.05, 0.1) is 35.8 Å². The lowest BCUT2D eigenvalue weighted by Crippen LogP contribution is -2.44. The molecule has 13 heteroatoms. The Hall–Kier alpha value is -4.94. The second kappa shape index (κ2) is 11.4. The number of aromatic nitrogens is 5. The van der Waals surface area contributed by atoms with Crippen LogP contribution in [0.2, 0.25) is 0 Å². The van der Waals surface area contributed by atoms with E-state index in [0.717, 1.165) is 16.8 Å². The lowest BCUT2D eigenvalue weighted by molar-refractivity contribution is -0.146. The molecule has 3 aromatic rings. The highest BCUT2D eigenvalue weighted by atomic mass is 19.4. The van der Waals surface area contributed by atoms with Crippen LogP contribution in [0.3, 0.4) is 0 Å². The molecule has 2 aliphatic rings. The third-order valence-electron chi connectivity index (χ3n) is 7.00. The van der Waals surface area contributed by atoms with E-state index in [4.69, 9.17) is 4.74 Å². The van der Waals surface area contributed by atoms with Crippen LogP contribution in [0.5, 0.6) is 5.75 Å². The van der Waals surface area contributed by atoms with E-state index in [0.29, 0.717) is 6.42 Å². The second-order valence-corrected chi connectivity index (χ2v) is 9.64. The number of nitrogens with zero attached hydrogens (tertiary/aromatic N) is 5. The predicted octanol–water partition coefficient (Wildman–Crippen LogP) is 6.83. The Balaban J connectivity index is 1.56. The summed E-state index contributed by atoms with van der Waals surface area (Å²) in [6, 6.07) is 9.86. The van der Waals surface area contributed by atoms with E-state index in [-0.39, 0.29) is 58.4 Å². The summed E-state index contributed by atoms with van der Waals surface area (Å²) in [6.07, 6.45) is -0.360. The molecule has 2 aliphatic heterocycles. The van der Waals surface area contributed by atoms with Gasteiger partial charge in [0.2, 0.25) is 0 Å². The fourth-order valence-electron chi connectivity index (χ4n) is 4.79. The molecule has 1 atom stereocenters. The van der Waals surface area contributed by atoms with Crippen LogP contribution in [0.4, 0.5) is 22.0 Å². The molecule has 222 valence electrons. The van der Waals surface area contributed by atoms with E-state index in [1.54, 1.807) is 6.92 Å². The molecule has 1 N–H and O–H groups in total. The molecule has 0 saturated carbocycles. The summed E-state index contributed by atoms with van der Waals surface area (Å²) in [4.78, 5) is 25.4. The summed E-state index contributed by atoms with van der Waals surface area (Å²) >= 11 is 0. The van der Waals surface area contributed by atoms with Crippen LogP contribution >= 0.6 is 0 Å². The first-order valence-corrected chi connectivity index (χ1v) is 13.2. The summed E-state index contributed by atoms with van der Waals surface area (Å²) in [7, 11) is 0. The van der Waals surface area contributed by atoms with Crippen LogP contribution < -0.4 is 4.74 Å². The number of rotatable bonds is 9. The quantitative estimate of drug-likeness (QED) is 0.186. The molecule has 0 bridgehead atoms. The Bertz CT molecular complexity index is 1760. The monoisotopic (exact) mass is 597 g/mol. The van der Waals surface area contributed by atoms with Crippen molar-refractivity contribution in [1.82, 2.24) is 24.7 Å². The topological polar surface area (TPSA) is 103 Å². The minimum atomic E-state index is -4.70. The van der Waals surface area contributed by atoms with Crippen LogP contribution in [-0.4, -0.2) is 42.4 Å². The van der Waals surface area contributed by atoms with Crippen molar-refractivity contribution in [2.24, 2.45) is 0 Å². The van der Waals surface area contributed by atoms with Gasteiger partial charge in [-0.15, -0.1) is 0 Å². The standard InChI is InChI=1S/C30H24F5N5O3/c1-3-12-43-18-9-10-19(21(13-18)30(33,34)35)23-11-8-17(14-36-23)29(4-2,28(41)42)40-16-25-24(15-37-40)38-27(39-25)20-6-5-7-22(31)26(20)32/h5-11,13-16H,3-4,12H2,1-2H3,(H,41,42). The van der Waals surface area contributed by atoms with Gasteiger partial charge in [0.1, 0.15) is 17.1 Å². The van der Waals surface area contributed by atoms with Crippen molar-refractivity contribution in [3.05, 3.63) is 89.9 Å². The smallest absolute Gasteiger partial charge is 0.417 e. The number of carboxylic acid groups (broad SMARTS) is 1. The first kappa shape index (κ1) is 29.5. The largest absolute Gasteiger partial charge is 0.494 e. The summed E-state index contributed by atoms with van der Waals surface area (Å²) in [5.41, 5.74) is -2.66. The Labute approximate surface area is 242 Å². The van der Waals surface area contributed by atoms with Crippen molar-refractivity contribution >= 4 is 5.97 Å². The number of carboxylic acids is 1. The van der Waals surface area contributed by atoms with Gasteiger partial charge in [0, 0.05) is 17.3 Å². The molecule has 0 fully saturated rings. The molecule has 0 saturated heterocycles. The van der Waals surface area contributed by atoms with Crippen LogP contribution in [-0.2, 0) is 16.5 Å². The van der Waals surface area contributed by atoms with Crippen molar-refractivity contribution in [2.45, 2.75) is 38.4 Å². The predicted molar refractivity (Wildman–Crippen MR) is 145 cm³/mol. The van der Waals surface area contributed by atoms with E-state index >= 15 is 0 Å². The maximum absolute atomic E-state index is 14.4. The highest BCUT2D eigenvalue weighted by Crippen LogP contribution is 2.40. The molecule has 5 rings (SSSR count). The molecule has 1 unspecified atom stereocenters. The highest BCUT2D eigenvalue weighted by Gasteiger charge is 2.43. The SMILES string of the molecule is CCCOc1ccc(-c2ccc(C(CC)(C(=O)O)n3cc4nc(-c5cccc(F)c5F)nc-4cn3)cn2)c(C(F)(F)F)c1. The zero-order valence-electron chi connectivity index (χ0n) is 22.9. The van der Waals surface area contributed by atoms with Gasteiger partial charge in [-0.1, -0.05) is 26.0 Å². The third-order valence-corrected chi connectivity index (χ3v) is 7.00. The molecule has 1 aromatic heterocycles.